The summed E-state index contributed by atoms with van der Waals surface area (Å²) < 4.78 is 22.8. The molecule has 2 aromatic carbocycles. The van der Waals surface area contributed by atoms with Crippen LogP contribution in [-0.2, 0) is 17.4 Å². The zero-order chi connectivity index (χ0) is 35.6. The number of hydrogen-bond acceptors (Lipinski definition) is 6. The van der Waals surface area contributed by atoms with Crippen LogP contribution in [0, 0.1) is 23.7 Å². The van der Waals surface area contributed by atoms with E-state index in [2.05, 4.69) is 78.3 Å². The molecule has 1 saturated heterocycles. The zero-order valence-corrected chi connectivity index (χ0v) is 32.7. The molecule has 50 heavy (non-hydrogen) atoms. The van der Waals surface area contributed by atoms with Gasteiger partial charge in [-0.05, 0) is 118 Å². The molecule has 3 aliphatic heterocycles. The minimum absolute atomic E-state index is 0.158. The third-order valence-corrected chi connectivity index (χ3v) is 14.0. The van der Waals surface area contributed by atoms with Gasteiger partial charge in [-0.15, -0.1) is 0 Å². The number of aryl methyl sites for hydroxylation is 1. The minimum Gasteiger partial charge on any atom is -0.491 e. The second-order valence-corrected chi connectivity index (χ2v) is 18.0. The largest absolute Gasteiger partial charge is 0.491 e. The molecule has 2 fully saturated rings. The Morgan fingerprint density at radius 2 is 1.88 bits per heavy atom. The Morgan fingerprint density at radius 1 is 1.06 bits per heavy atom. The van der Waals surface area contributed by atoms with Crippen molar-refractivity contribution in [3.63, 3.8) is 0 Å². The summed E-state index contributed by atoms with van der Waals surface area (Å²) >= 11 is 6.49. The number of amides is 1. The lowest BCUT2D eigenvalue weighted by molar-refractivity contribution is 0.00715. The number of ether oxygens (including phenoxy) is 1. The van der Waals surface area contributed by atoms with Crippen LogP contribution in [0.3, 0.4) is 0 Å². The van der Waals surface area contributed by atoms with Crippen molar-refractivity contribution >= 4 is 34.2 Å². The molecule has 7 atom stereocenters. The normalized spacial score (nSPS) is 31.5. The van der Waals surface area contributed by atoms with Crippen LogP contribution in [0.4, 0.5) is 5.69 Å². The Kier molecular flexibility index (Phi) is 12.0. The maximum absolute atomic E-state index is 13.5. The molecule has 0 radical (unpaired) electrons. The maximum Gasteiger partial charge on any atom is 0.263 e. The number of benzene rings is 2. The van der Waals surface area contributed by atoms with Crippen molar-refractivity contribution in [1.82, 2.24) is 14.5 Å². The summed E-state index contributed by atoms with van der Waals surface area (Å²) in [7, 11) is -1.50. The molecule has 274 valence electrons. The molecule has 3 heterocycles. The van der Waals surface area contributed by atoms with Gasteiger partial charge in [0, 0.05) is 61.3 Å². The Morgan fingerprint density at radius 3 is 2.60 bits per heavy atom. The number of piperazine rings is 1. The van der Waals surface area contributed by atoms with E-state index in [-0.39, 0.29) is 28.5 Å². The SMILES string of the molecule is CCCc1cc(Cl)ccc1C1COc2ccc3cc2N(C1)CC1CCC1C(CN1CCN(CC)C(C)(C)C1)/C=C/CC(C)C(C)S(=O)NC3=O. The van der Waals surface area contributed by atoms with Crippen molar-refractivity contribution in [1.29, 1.82) is 0 Å². The first-order chi connectivity index (χ1) is 24.0. The summed E-state index contributed by atoms with van der Waals surface area (Å²) in [6.07, 6.45) is 10.1. The monoisotopic (exact) mass is 722 g/mol. The van der Waals surface area contributed by atoms with E-state index in [9.17, 15) is 9.00 Å². The molecule has 6 rings (SSSR count). The Bertz CT molecular complexity index is 1560. The molecule has 9 heteroatoms. The number of nitrogens with one attached hydrogen (secondary N) is 1. The van der Waals surface area contributed by atoms with Gasteiger partial charge in [-0.1, -0.05) is 57.0 Å². The Labute approximate surface area is 308 Å². The standard InChI is InChI=1S/C41H59ClN4O3S/c1-7-10-30-21-35(42)15-17-36(30)34-25-45-24-33-13-16-37(33)32(23-44-19-20-46(8-2)41(5,6)27-44)12-9-11-28(3)29(4)50(48)43-40(47)31-14-18-39(49-26-34)38(45)22-31/h9,12,14-15,17-18,21-22,28-29,32-34,37H,7-8,10-11,13,16,19-20,23-27H2,1-6H3,(H,43,47)/b12-9+. The van der Waals surface area contributed by atoms with E-state index < -0.39 is 11.0 Å². The van der Waals surface area contributed by atoms with E-state index in [0.29, 0.717) is 29.9 Å². The smallest absolute Gasteiger partial charge is 0.263 e. The van der Waals surface area contributed by atoms with Gasteiger partial charge in [0.2, 0.25) is 0 Å². The van der Waals surface area contributed by atoms with Crippen molar-refractivity contribution in [2.45, 2.75) is 90.4 Å². The van der Waals surface area contributed by atoms with Gasteiger partial charge in [0.15, 0.2) is 0 Å². The summed E-state index contributed by atoms with van der Waals surface area (Å²) in [6.45, 7) is 21.1. The predicted octanol–water partition coefficient (Wildman–Crippen LogP) is 7.71. The number of nitrogens with zero attached hydrogens (tertiary/aromatic N) is 3. The first-order valence-corrected chi connectivity index (χ1v) is 20.7. The first-order valence-electron chi connectivity index (χ1n) is 19.1. The highest BCUT2D eigenvalue weighted by Crippen LogP contribution is 2.45. The second-order valence-electron chi connectivity index (χ2n) is 16.1. The van der Waals surface area contributed by atoms with Crippen LogP contribution in [0.2, 0.25) is 5.02 Å². The zero-order valence-electron chi connectivity index (χ0n) is 31.1. The maximum atomic E-state index is 13.5. The second kappa shape index (κ2) is 16.1. The van der Waals surface area contributed by atoms with Gasteiger partial charge in [0.1, 0.15) is 16.7 Å². The summed E-state index contributed by atoms with van der Waals surface area (Å²) in [4.78, 5) is 21.3. The average molecular weight is 723 g/mol. The third kappa shape index (κ3) is 8.29. The predicted molar refractivity (Wildman–Crippen MR) is 208 cm³/mol. The van der Waals surface area contributed by atoms with Gasteiger partial charge in [-0.25, -0.2) is 4.21 Å². The van der Waals surface area contributed by atoms with Gasteiger partial charge in [-0.3, -0.25) is 19.3 Å². The molecule has 1 saturated carbocycles. The van der Waals surface area contributed by atoms with Crippen molar-refractivity contribution in [2.24, 2.45) is 23.7 Å². The fourth-order valence-electron chi connectivity index (χ4n) is 8.91. The number of allylic oxidation sites excluding steroid dienone is 1. The van der Waals surface area contributed by atoms with E-state index in [1.165, 1.54) is 24.0 Å². The number of likely N-dealkylation sites (N-methyl/N-ethyl adjacent to an activating group) is 1. The number of rotatable bonds is 6. The highest BCUT2D eigenvalue weighted by Gasteiger charge is 2.41. The third-order valence-electron chi connectivity index (χ3n) is 12.2. The van der Waals surface area contributed by atoms with Crippen LogP contribution in [0.5, 0.6) is 5.75 Å². The highest BCUT2D eigenvalue weighted by molar-refractivity contribution is 7.84. The van der Waals surface area contributed by atoms with E-state index >= 15 is 0 Å². The summed E-state index contributed by atoms with van der Waals surface area (Å²) in [5.41, 5.74) is 4.23. The molecule has 2 aromatic rings. The number of carbonyl (C=O) groups excluding carboxylic acids is 1. The van der Waals surface area contributed by atoms with Gasteiger partial charge in [-0.2, -0.15) is 0 Å². The van der Waals surface area contributed by atoms with Crippen molar-refractivity contribution in [3.8, 4) is 5.75 Å². The number of carbonyl (C=O) groups is 1. The van der Waals surface area contributed by atoms with E-state index in [1.807, 2.05) is 31.2 Å². The molecule has 1 aliphatic carbocycles. The highest BCUT2D eigenvalue weighted by atomic mass is 35.5. The minimum atomic E-state index is -1.50. The van der Waals surface area contributed by atoms with Crippen LogP contribution in [0.25, 0.3) is 0 Å². The number of anilines is 1. The summed E-state index contributed by atoms with van der Waals surface area (Å²) in [5, 5.41) is 0.597. The molecule has 1 N–H and O–H groups in total. The van der Waals surface area contributed by atoms with Crippen LogP contribution < -0.4 is 14.4 Å². The lowest BCUT2D eigenvalue weighted by Crippen LogP contribution is -2.60. The molecule has 0 aromatic heterocycles. The quantitative estimate of drug-likeness (QED) is 0.309. The van der Waals surface area contributed by atoms with E-state index in [4.69, 9.17) is 16.3 Å². The first kappa shape index (κ1) is 37.4. The molecule has 1 amide bonds. The Hall–Kier alpha value is -2.39. The fraction of sp³-hybridized carbons (Fsp3) is 0.634. The number of halogens is 1. The molecule has 2 bridgehead atoms. The van der Waals surface area contributed by atoms with Gasteiger partial charge in [0.25, 0.3) is 5.91 Å². The van der Waals surface area contributed by atoms with Crippen LogP contribution in [0.15, 0.2) is 48.6 Å². The average Bonchev–Trinajstić information content (AvgIpc) is 3.24. The van der Waals surface area contributed by atoms with Crippen molar-refractivity contribution < 1.29 is 13.7 Å². The molecule has 0 spiro atoms. The number of fused-ring (bicyclic) bond motifs is 2. The molecular weight excluding hydrogens is 664 g/mol. The van der Waals surface area contributed by atoms with Crippen LogP contribution in [-0.4, -0.2) is 83.1 Å². The fourth-order valence-corrected chi connectivity index (χ4v) is 10.1. The molecular formula is C41H59ClN4O3S. The van der Waals surface area contributed by atoms with Crippen LogP contribution >= 0.6 is 11.6 Å². The Balaban J connectivity index is 1.34. The molecule has 7 unspecified atom stereocenters. The number of hydrogen-bond donors (Lipinski definition) is 1. The van der Waals surface area contributed by atoms with Crippen molar-refractivity contribution in [3.05, 3.63) is 70.3 Å². The van der Waals surface area contributed by atoms with Gasteiger partial charge >= 0.3 is 0 Å². The van der Waals surface area contributed by atoms with Crippen molar-refractivity contribution in [2.75, 3.05) is 57.3 Å². The van der Waals surface area contributed by atoms with Gasteiger partial charge in [0.05, 0.1) is 17.5 Å². The van der Waals surface area contributed by atoms with E-state index in [1.54, 1.807) is 0 Å². The lowest BCUT2D eigenvalue weighted by Gasteiger charge is -2.49. The molecule has 7 nitrogen and oxygen atoms in total. The summed E-state index contributed by atoms with van der Waals surface area (Å²) in [6, 6.07) is 12.0. The van der Waals surface area contributed by atoms with Crippen LogP contribution in [0.1, 0.15) is 94.6 Å². The lowest BCUT2D eigenvalue weighted by atomic mass is 9.66. The van der Waals surface area contributed by atoms with E-state index in [0.717, 1.165) is 81.5 Å². The topological polar surface area (TPSA) is 65.1 Å². The molecule has 4 aliphatic rings. The van der Waals surface area contributed by atoms with Gasteiger partial charge < -0.3 is 9.64 Å². The summed E-state index contributed by atoms with van der Waals surface area (Å²) in [5.74, 6) is 2.41.